The van der Waals surface area contributed by atoms with Crippen molar-refractivity contribution in [1.29, 1.82) is 0 Å². The molecule has 24 N–H and O–H groups in total. The Bertz CT molecular complexity index is 135. The summed E-state index contributed by atoms with van der Waals surface area (Å²) in [6.07, 6.45) is 0. The van der Waals surface area contributed by atoms with Gasteiger partial charge < -0.3 is 104 Å². The van der Waals surface area contributed by atoms with Gasteiger partial charge in [0.1, 0.15) is 0 Å². The quantitative estimate of drug-likeness (QED) is 0.197. The van der Waals surface area contributed by atoms with Gasteiger partial charge >= 0.3 is 51.2 Å². The molecule has 0 rings (SSSR count). The van der Waals surface area contributed by atoms with Crippen LogP contribution in [0.4, 0.5) is 0 Å². The molecule has 0 amide bonds. The fourth-order valence-electron chi connectivity index (χ4n) is 0. The van der Waals surface area contributed by atoms with Gasteiger partial charge in [-0.05, 0) is 0 Å². The largest absolute Gasteiger partial charge is 2.00 e. The molecule has 0 bridgehead atoms. The van der Waals surface area contributed by atoms with Gasteiger partial charge in [-0.2, -0.15) is 15.6 Å². The van der Waals surface area contributed by atoms with Gasteiger partial charge in [0.15, 0.2) is 0 Å². The standard InChI is InChI=1S/3Fe.2H3O4P.12H2O/c;;;2*1-5(2,3)4;;;;;;;;;;;;/h;;;2*(H3,1,2,3,4);12*1H2/q3*+2;;;;;;;;;;;;;;/p-6. The van der Waals surface area contributed by atoms with E-state index in [0.717, 1.165) is 0 Å². The van der Waals surface area contributed by atoms with Crippen LogP contribution >= 0.6 is 15.6 Å². The number of phosphoric acid groups is 2. The van der Waals surface area contributed by atoms with Crippen LogP contribution in [0.15, 0.2) is 0 Å². The molecule has 0 aliphatic heterocycles. The molecular weight excluding hydrogens is 549 g/mol. The van der Waals surface area contributed by atoms with Crippen LogP contribution < -0.4 is 29.4 Å². The maximum absolute atomic E-state index is 8.55. The topological polar surface area (TPSA) is 550 Å². The Kier molecular flexibility index (Phi) is 658. The molecule has 0 aromatic rings. The second-order valence-electron chi connectivity index (χ2n) is 0.894. The van der Waals surface area contributed by atoms with Crippen molar-refractivity contribution in [2.24, 2.45) is 0 Å². The molecule has 0 heterocycles. The van der Waals surface area contributed by atoms with E-state index in [0.29, 0.717) is 0 Å². The minimum Gasteiger partial charge on any atom is -0.822 e. The normalized spacial score (nSPS) is 4.72. The van der Waals surface area contributed by atoms with Crippen molar-refractivity contribution < 1.29 is 155 Å². The molecule has 20 nitrogen and oxygen atoms in total. The van der Waals surface area contributed by atoms with Crippen molar-refractivity contribution in [3.05, 3.63) is 0 Å². The van der Waals surface area contributed by atoms with Crippen molar-refractivity contribution in [3.8, 4) is 0 Å². The van der Waals surface area contributed by atoms with E-state index in [2.05, 4.69) is 0 Å². The predicted molar refractivity (Wildman–Crippen MR) is 58.6 cm³/mol. The molecule has 25 heavy (non-hydrogen) atoms. The molecule has 178 valence electrons. The molecule has 0 aliphatic carbocycles. The first-order valence-corrected chi connectivity index (χ1v) is 4.38. The fourth-order valence-corrected chi connectivity index (χ4v) is 0. The van der Waals surface area contributed by atoms with Crippen LogP contribution in [0.25, 0.3) is 0 Å². The minimum absolute atomic E-state index is 0. The van der Waals surface area contributed by atoms with Gasteiger partial charge in [0.25, 0.3) is 0 Å². The molecule has 0 aromatic carbocycles. The minimum atomic E-state index is -5.39. The zero-order valence-electron chi connectivity index (χ0n) is 11.2. The third kappa shape index (κ3) is 8150. The summed E-state index contributed by atoms with van der Waals surface area (Å²) in [4.78, 5) is 51.3. The van der Waals surface area contributed by atoms with E-state index in [1.54, 1.807) is 0 Å². The average Bonchev–Trinajstić information content (AvgIpc) is 1.12. The molecule has 0 spiro atoms. The van der Waals surface area contributed by atoms with Crippen molar-refractivity contribution in [2.45, 2.75) is 0 Å². The summed E-state index contributed by atoms with van der Waals surface area (Å²) in [7, 11) is -10.8. The van der Waals surface area contributed by atoms with Gasteiger partial charge in [0.05, 0.1) is 0 Å². The van der Waals surface area contributed by atoms with Crippen LogP contribution in [0.3, 0.4) is 0 Å². The predicted octanol–water partition coefficient (Wildman–Crippen LogP) is -15.6. The number of hydrogen-bond acceptors (Lipinski definition) is 8. The van der Waals surface area contributed by atoms with Gasteiger partial charge in [-0.1, -0.05) is 0 Å². The Hall–Kier alpha value is 1.30. The molecule has 0 fully saturated rings. The molecular formula is H24Fe3O20P2. The molecule has 25 heteroatoms. The smallest absolute Gasteiger partial charge is 0.822 e. The molecule has 0 saturated heterocycles. The van der Waals surface area contributed by atoms with Crippen LogP contribution in [0, 0.1) is 0 Å². The van der Waals surface area contributed by atoms with E-state index in [4.69, 9.17) is 38.5 Å². The summed E-state index contributed by atoms with van der Waals surface area (Å²) in [5.74, 6) is 0. The van der Waals surface area contributed by atoms with Gasteiger partial charge in [0.2, 0.25) is 0 Å². The van der Waals surface area contributed by atoms with Gasteiger partial charge in [-0.3, -0.25) is 0 Å². The van der Waals surface area contributed by atoms with Crippen molar-refractivity contribution in [1.82, 2.24) is 0 Å². The first-order chi connectivity index (χ1) is 4.00. The van der Waals surface area contributed by atoms with Crippen LogP contribution in [-0.2, 0) is 60.3 Å². The summed E-state index contributed by atoms with van der Waals surface area (Å²) in [6.45, 7) is 0. The Labute approximate surface area is 171 Å². The van der Waals surface area contributed by atoms with Gasteiger partial charge in [-0.25, -0.2) is 0 Å². The molecule has 0 saturated carbocycles. The maximum atomic E-state index is 8.55. The zero-order valence-corrected chi connectivity index (χ0v) is 16.3. The Morgan fingerprint density at radius 1 is 0.320 bits per heavy atom. The van der Waals surface area contributed by atoms with E-state index in [9.17, 15) is 0 Å². The fraction of sp³-hybridized carbons (Fsp3) is 0. The summed E-state index contributed by atoms with van der Waals surface area (Å²) >= 11 is 0. The monoisotopic (exact) mass is 574 g/mol. The summed E-state index contributed by atoms with van der Waals surface area (Å²) in [6, 6.07) is 0. The van der Waals surface area contributed by atoms with E-state index in [-0.39, 0.29) is 117 Å². The second-order valence-corrected chi connectivity index (χ2v) is 2.68. The van der Waals surface area contributed by atoms with Gasteiger partial charge in [-0.15, -0.1) is 0 Å². The van der Waals surface area contributed by atoms with Crippen molar-refractivity contribution >= 4 is 15.6 Å². The first-order valence-electron chi connectivity index (χ1n) is 1.46. The van der Waals surface area contributed by atoms with Crippen LogP contribution in [0.1, 0.15) is 0 Å². The second kappa shape index (κ2) is 84.5. The third-order valence-corrected chi connectivity index (χ3v) is 0. The maximum Gasteiger partial charge on any atom is 2.00 e. The van der Waals surface area contributed by atoms with E-state index >= 15 is 0 Å². The molecule has 0 aromatic heterocycles. The first kappa shape index (κ1) is 195. The van der Waals surface area contributed by atoms with Crippen LogP contribution in [0.5, 0.6) is 0 Å². The summed E-state index contributed by atoms with van der Waals surface area (Å²) in [5, 5.41) is 0. The molecule has 0 unspecified atom stereocenters. The SMILES string of the molecule is O.O.O.O.O.O.O.O.O.O.O.O.O=P([O-])([O-])[O-].O=P([O-])([O-])[O-].[Fe+2].[Fe+2].[Fe+2]. The Balaban J connectivity index is -0.00000000213. The molecule has 0 atom stereocenters. The van der Waals surface area contributed by atoms with Crippen LogP contribution in [0.2, 0.25) is 0 Å². The third-order valence-electron chi connectivity index (χ3n) is 0. The van der Waals surface area contributed by atoms with Crippen molar-refractivity contribution in [2.75, 3.05) is 0 Å². The van der Waals surface area contributed by atoms with E-state index in [1.807, 2.05) is 0 Å². The van der Waals surface area contributed by atoms with Gasteiger partial charge in [0, 0.05) is 0 Å². The van der Waals surface area contributed by atoms with E-state index in [1.165, 1.54) is 0 Å². The number of hydrogen-bond donors (Lipinski definition) is 0. The summed E-state index contributed by atoms with van der Waals surface area (Å²) in [5.41, 5.74) is 0. The van der Waals surface area contributed by atoms with Crippen molar-refractivity contribution in [3.63, 3.8) is 0 Å². The molecule has 0 radical (unpaired) electrons. The summed E-state index contributed by atoms with van der Waals surface area (Å²) < 4.78 is 17.1. The van der Waals surface area contributed by atoms with E-state index < -0.39 is 15.6 Å². The van der Waals surface area contributed by atoms with Crippen LogP contribution in [-0.4, -0.2) is 65.7 Å². The average molecular weight is 574 g/mol. The number of rotatable bonds is 0. The zero-order chi connectivity index (χ0) is 9.00. The molecule has 0 aliphatic rings. The Morgan fingerprint density at radius 2 is 0.320 bits per heavy atom. The Morgan fingerprint density at radius 3 is 0.320 bits per heavy atom.